The SMILES string of the molecule is Cc1ncncc1-c1ccc([C@H](CO)NC(=O)[C@@H]2C[C@@H](O)CN2C(=O)[C@H](C(C)C)n2cc(-c3ccc(COc4c(-c5c(C)c(F)cc6nn(C(c7ccccc7)(c7ccccc7)c7ccccc7)cc56)c(C5CC5)cc5c(N6C[C@@H]7C[C@H]6CN7C(=O)OC(C)(C)C)nc(OC6CCOCC6)nc45)cc3)nn2)cc1. The summed E-state index contributed by atoms with van der Waals surface area (Å²) in [7, 11) is 0. The molecule has 22 nitrogen and oxygen atoms in total. The summed E-state index contributed by atoms with van der Waals surface area (Å²) in [5.74, 6) is -0.533. The maximum absolute atomic E-state index is 17.7. The Hall–Kier alpha value is -11.0. The van der Waals surface area contributed by atoms with Gasteiger partial charge in [0.15, 0.2) is 5.75 Å². The number of halogens is 1. The number of β-amino-alcohol motifs (C(OH)–C–C–N with tert-alkyl or cyclic N) is 1. The molecule has 5 aliphatic rings. The van der Waals surface area contributed by atoms with Gasteiger partial charge in [0.1, 0.15) is 65.1 Å². The zero-order valence-electron chi connectivity index (χ0n) is 61.6. The van der Waals surface area contributed by atoms with E-state index in [0.29, 0.717) is 107 Å². The Balaban J connectivity index is 0.766. The van der Waals surface area contributed by atoms with Gasteiger partial charge in [0, 0.05) is 96.1 Å². The lowest BCUT2D eigenvalue weighted by Crippen LogP contribution is -2.50. The van der Waals surface area contributed by atoms with Gasteiger partial charge in [-0.2, -0.15) is 15.1 Å². The van der Waals surface area contributed by atoms with Crippen molar-refractivity contribution in [2.24, 2.45) is 5.92 Å². The van der Waals surface area contributed by atoms with E-state index in [-0.39, 0.29) is 61.7 Å². The Morgan fingerprint density at radius 1 is 0.750 bits per heavy atom. The number of hydrogen-bond acceptors (Lipinski definition) is 17. The predicted molar refractivity (Wildman–Crippen MR) is 406 cm³/mol. The normalized spacial score (nSPS) is 18.8. The summed E-state index contributed by atoms with van der Waals surface area (Å²) in [5, 5.41) is 40.7. The fourth-order valence-electron chi connectivity index (χ4n) is 16.4. The lowest BCUT2D eigenvalue weighted by atomic mass is 9.77. The zero-order valence-corrected chi connectivity index (χ0v) is 61.6. The summed E-state index contributed by atoms with van der Waals surface area (Å²) in [6.45, 7) is 14.7. The molecule has 3 amide bonds. The van der Waals surface area contributed by atoms with Gasteiger partial charge in [-0.15, -0.1) is 5.10 Å². The van der Waals surface area contributed by atoms with Crippen molar-refractivity contribution < 1.29 is 47.9 Å². The topological polar surface area (TPSA) is 250 Å². The van der Waals surface area contributed by atoms with Crippen molar-refractivity contribution in [2.75, 3.05) is 44.4 Å². The summed E-state index contributed by atoms with van der Waals surface area (Å²) >= 11 is 0. The third-order valence-corrected chi connectivity index (χ3v) is 21.9. The highest BCUT2D eigenvalue weighted by atomic mass is 19.1. The van der Waals surface area contributed by atoms with Crippen LogP contribution in [-0.2, 0) is 31.2 Å². The maximum Gasteiger partial charge on any atom is 0.410 e. The number of aromatic nitrogens is 9. The van der Waals surface area contributed by atoms with E-state index >= 15 is 4.39 Å². The van der Waals surface area contributed by atoms with E-state index in [9.17, 15) is 24.6 Å². The van der Waals surface area contributed by atoms with Crippen molar-refractivity contribution in [2.45, 2.75) is 153 Å². The highest BCUT2D eigenvalue weighted by Gasteiger charge is 2.49. The van der Waals surface area contributed by atoms with E-state index in [4.69, 9.17) is 34.0 Å². The first-order valence-electron chi connectivity index (χ1n) is 37.5. The maximum atomic E-state index is 17.7. The number of aliphatic hydroxyl groups is 2. The molecule has 5 fully saturated rings. The number of aliphatic hydroxyl groups excluding tert-OH is 2. The molecule has 16 rings (SSSR count). The van der Waals surface area contributed by atoms with Crippen LogP contribution in [0.4, 0.5) is 15.0 Å². The first-order valence-corrected chi connectivity index (χ1v) is 37.5. The second kappa shape index (κ2) is 29.3. The number of nitrogens with zero attached hydrogens (tertiary/aromatic N) is 12. The number of fused-ring (bicyclic) bond motifs is 4. The Kier molecular flexibility index (Phi) is 19.3. The van der Waals surface area contributed by atoms with Crippen molar-refractivity contribution in [3.63, 3.8) is 0 Å². The molecule has 4 aromatic heterocycles. The summed E-state index contributed by atoms with van der Waals surface area (Å²) < 4.78 is 47.3. The van der Waals surface area contributed by atoms with Gasteiger partial charge in [-0.05, 0) is 116 Å². The number of amides is 3. The quantitative estimate of drug-likeness (QED) is 0.0566. The number of likely N-dealkylation sites (tertiary alicyclic amines) is 2. The molecule has 0 unspecified atom stereocenters. The smallest absolute Gasteiger partial charge is 0.410 e. The summed E-state index contributed by atoms with van der Waals surface area (Å²) in [5.41, 5.74) is 9.97. The Labute approximate surface area is 625 Å². The zero-order chi connectivity index (χ0) is 74.7. The van der Waals surface area contributed by atoms with Crippen molar-refractivity contribution >= 4 is 45.5 Å². The number of aryl methyl sites for hydroxylation is 1. The Bertz CT molecular complexity index is 5050. The third kappa shape index (κ3) is 13.6. The molecule has 23 heteroatoms. The van der Waals surface area contributed by atoms with Crippen molar-refractivity contribution in [1.82, 2.24) is 59.8 Å². The molecular weight excluding hydrogens is 1370 g/mol. The number of hydrogen-bond donors (Lipinski definition) is 3. The van der Waals surface area contributed by atoms with Gasteiger partial charge >= 0.3 is 12.1 Å². The fraction of sp³-hybridized carbons (Fsp3) is 0.365. The van der Waals surface area contributed by atoms with Gasteiger partial charge in [0.25, 0.3) is 0 Å². The molecule has 554 valence electrons. The van der Waals surface area contributed by atoms with Crippen molar-refractivity contribution in [1.29, 1.82) is 0 Å². The second-order valence-corrected chi connectivity index (χ2v) is 30.6. The molecule has 1 saturated carbocycles. The van der Waals surface area contributed by atoms with Crippen molar-refractivity contribution in [3.05, 3.63) is 227 Å². The number of carbonyl (C=O) groups excluding carboxylic acids is 3. The molecule has 8 heterocycles. The van der Waals surface area contributed by atoms with E-state index in [1.165, 1.54) is 22.0 Å². The number of anilines is 1. The van der Waals surface area contributed by atoms with Gasteiger partial charge < -0.3 is 49.2 Å². The van der Waals surface area contributed by atoms with Crippen molar-refractivity contribution in [3.8, 4) is 45.3 Å². The highest BCUT2D eigenvalue weighted by Crippen LogP contribution is 2.55. The summed E-state index contributed by atoms with van der Waals surface area (Å²) in [6, 6.07) is 47.0. The minimum atomic E-state index is -1.03. The van der Waals surface area contributed by atoms with Gasteiger partial charge in [-0.3, -0.25) is 14.3 Å². The van der Waals surface area contributed by atoms with Crippen LogP contribution >= 0.6 is 0 Å². The standard InChI is InChI=1S/C85H88FN13O9/c1-50(2)77(81(103)97-44-63(101)38-73(97)80(102)89-72(47-100)57-31-29-55(30-32-57)67-41-87-49-88-52(67)4)98-46-71(92-94-98)56-25-23-53(24-26-56)48-106-78-75(74-51(3)69(86)40-70-68(74)45-99(93-70)85(58-17-11-8-12-18-58,59-19-13-9-14-20-59)60-21-15-10-16-22-60)65(54-27-28-54)39-66-76(78)90-82(107-64-33-35-105-36-34-64)91-79(66)95-42-62-37-61(95)43-96(62)83(104)108-84(5,6)7/h8-26,29-32,39-41,45-46,49-50,54,61-64,72-73,77,100-101H,27-28,33-38,42-44,47-48H2,1-7H3,(H,89,102)/t61-,62-,63+,72-,73-,77-/m0/s1. The molecule has 0 spiro atoms. The number of benzene rings is 7. The molecule has 3 N–H and O–H groups in total. The lowest BCUT2D eigenvalue weighted by molar-refractivity contribution is -0.142. The van der Waals surface area contributed by atoms with Gasteiger partial charge in [-0.1, -0.05) is 159 Å². The van der Waals surface area contributed by atoms with E-state index in [2.05, 4.69) is 79.2 Å². The average molecular weight is 1450 g/mol. The van der Waals surface area contributed by atoms with Crippen LogP contribution in [0.3, 0.4) is 0 Å². The van der Waals surface area contributed by atoms with Crippen LogP contribution in [0, 0.1) is 25.6 Å². The molecule has 4 aliphatic heterocycles. The van der Waals surface area contributed by atoms with E-state index < -0.39 is 59.6 Å². The molecule has 4 saturated heterocycles. The Morgan fingerprint density at radius 2 is 1.43 bits per heavy atom. The van der Waals surface area contributed by atoms with E-state index in [0.717, 1.165) is 62.9 Å². The number of piperazine rings is 1. The minimum Gasteiger partial charge on any atom is -0.486 e. The number of nitrogens with one attached hydrogen (secondary N) is 1. The highest BCUT2D eigenvalue weighted by molar-refractivity contribution is 6.06. The molecule has 1 aliphatic carbocycles. The largest absolute Gasteiger partial charge is 0.486 e. The molecule has 0 radical (unpaired) electrons. The molecule has 7 aromatic carbocycles. The number of rotatable bonds is 21. The molecule has 108 heavy (non-hydrogen) atoms. The van der Waals surface area contributed by atoms with Gasteiger partial charge in [0.2, 0.25) is 11.8 Å². The Morgan fingerprint density at radius 3 is 2.05 bits per heavy atom. The van der Waals surface area contributed by atoms with Crippen LogP contribution in [0.25, 0.3) is 55.3 Å². The number of carbonyl (C=O) groups is 3. The van der Waals surface area contributed by atoms with Crippen LogP contribution in [0.1, 0.15) is 136 Å². The van der Waals surface area contributed by atoms with Crippen LogP contribution < -0.4 is 19.7 Å². The molecule has 6 atom stereocenters. The van der Waals surface area contributed by atoms with E-state index in [1.807, 2.05) is 161 Å². The van der Waals surface area contributed by atoms with Crippen LogP contribution in [-0.4, -0.2) is 158 Å². The summed E-state index contributed by atoms with van der Waals surface area (Å²) in [6.07, 6.45) is 9.21. The van der Waals surface area contributed by atoms with Crippen LogP contribution in [0.2, 0.25) is 0 Å². The number of ether oxygens (including phenoxy) is 4. The third-order valence-electron chi connectivity index (χ3n) is 21.9. The van der Waals surface area contributed by atoms with Crippen LogP contribution in [0.15, 0.2) is 177 Å². The summed E-state index contributed by atoms with van der Waals surface area (Å²) in [4.78, 5) is 67.8. The predicted octanol–water partition coefficient (Wildman–Crippen LogP) is 13.2. The minimum absolute atomic E-state index is 0.00689. The van der Waals surface area contributed by atoms with E-state index in [1.54, 1.807) is 12.4 Å². The molecule has 11 aromatic rings. The lowest BCUT2D eigenvalue weighted by Gasteiger charge is -2.36. The fourth-order valence-corrected chi connectivity index (χ4v) is 16.4. The molecule has 2 bridgehead atoms. The first kappa shape index (κ1) is 71.3. The van der Waals surface area contributed by atoms with Gasteiger partial charge in [-0.25, -0.2) is 23.8 Å². The average Bonchev–Trinajstić information content (AvgIpc) is 1.50. The monoisotopic (exact) mass is 1450 g/mol. The van der Waals surface area contributed by atoms with Gasteiger partial charge in [0.05, 0.1) is 55.8 Å². The molecular formula is C85H88FN13O9. The first-order chi connectivity index (χ1) is 52.3. The van der Waals surface area contributed by atoms with Crippen LogP contribution in [0.5, 0.6) is 11.8 Å². The second-order valence-electron chi connectivity index (χ2n) is 30.6.